The van der Waals surface area contributed by atoms with Crippen molar-refractivity contribution in [3.63, 3.8) is 0 Å². The third kappa shape index (κ3) is 3.02. The van der Waals surface area contributed by atoms with Crippen LogP contribution >= 0.6 is 0 Å². The third-order valence-electron chi connectivity index (χ3n) is 2.55. The molecule has 0 spiro atoms. The Morgan fingerprint density at radius 1 is 1.62 bits per heavy atom. The summed E-state index contributed by atoms with van der Waals surface area (Å²) in [5, 5.41) is 3.24. The van der Waals surface area contributed by atoms with E-state index in [9.17, 15) is 0 Å². The van der Waals surface area contributed by atoms with Gasteiger partial charge in [-0.05, 0) is 32.7 Å². The van der Waals surface area contributed by atoms with Gasteiger partial charge in [0.15, 0.2) is 0 Å². The van der Waals surface area contributed by atoms with Crippen LogP contribution in [0, 0.1) is 18.3 Å². The highest BCUT2D eigenvalue weighted by Gasteiger charge is 2.36. The molecule has 0 amide bonds. The Morgan fingerprint density at radius 2 is 2.31 bits per heavy atom. The van der Waals surface area contributed by atoms with E-state index < -0.39 is 0 Å². The monoisotopic (exact) mass is 181 g/mol. The highest BCUT2D eigenvalue weighted by Crippen LogP contribution is 2.36. The highest BCUT2D eigenvalue weighted by molar-refractivity contribution is 4.97. The van der Waals surface area contributed by atoms with Crippen molar-refractivity contribution in [2.45, 2.75) is 38.3 Å². The summed E-state index contributed by atoms with van der Waals surface area (Å²) in [4.78, 5) is 0. The number of hydrogen-bond donors (Lipinski definition) is 1. The Morgan fingerprint density at radius 3 is 2.69 bits per heavy atom. The van der Waals surface area contributed by atoms with Crippen molar-refractivity contribution >= 4 is 0 Å². The molecule has 0 radical (unpaired) electrons. The summed E-state index contributed by atoms with van der Waals surface area (Å²) < 4.78 is 5.71. The van der Waals surface area contributed by atoms with Gasteiger partial charge in [-0.2, -0.15) is 0 Å². The molecule has 13 heavy (non-hydrogen) atoms. The first-order valence-electron chi connectivity index (χ1n) is 5.05. The van der Waals surface area contributed by atoms with Crippen molar-refractivity contribution in [1.82, 2.24) is 5.32 Å². The van der Waals surface area contributed by atoms with Gasteiger partial charge in [-0.25, -0.2) is 0 Å². The van der Waals surface area contributed by atoms with E-state index in [1.807, 2.05) is 14.0 Å². The first-order valence-corrected chi connectivity index (χ1v) is 5.05. The Labute approximate surface area is 81.0 Å². The van der Waals surface area contributed by atoms with Crippen molar-refractivity contribution in [2.75, 3.05) is 13.7 Å². The van der Waals surface area contributed by atoms with E-state index in [4.69, 9.17) is 11.2 Å². The predicted molar refractivity (Wildman–Crippen MR) is 54.4 cm³/mol. The van der Waals surface area contributed by atoms with Crippen LogP contribution in [0.2, 0.25) is 0 Å². The van der Waals surface area contributed by atoms with Crippen molar-refractivity contribution in [1.29, 1.82) is 0 Å². The maximum Gasteiger partial charge on any atom is 0.0765 e. The Kier molecular flexibility index (Phi) is 4.27. The predicted octanol–water partition coefficient (Wildman–Crippen LogP) is 1.41. The van der Waals surface area contributed by atoms with Crippen LogP contribution in [0.3, 0.4) is 0 Å². The van der Waals surface area contributed by atoms with Gasteiger partial charge in [0.2, 0.25) is 0 Å². The van der Waals surface area contributed by atoms with E-state index in [-0.39, 0.29) is 0 Å². The molecular weight excluding hydrogens is 162 g/mol. The maximum absolute atomic E-state index is 5.71. The smallest absolute Gasteiger partial charge is 0.0765 e. The summed E-state index contributed by atoms with van der Waals surface area (Å²) >= 11 is 0. The van der Waals surface area contributed by atoms with Crippen LogP contribution in [0.25, 0.3) is 0 Å². The molecule has 0 aromatic rings. The van der Waals surface area contributed by atoms with Crippen molar-refractivity contribution in [2.24, 2.45) is 5.92 Å². The van der Waals surface area contributed by atoms with Gasteiger partial charge in [0.1, 0.15) is 0 Å². The molecule has 0 saturated heterocycles. The standard InChI is InChI=1S/C11H19NO/c1-4-6-10(12-3)11(13-5-2)9-7-8-9/h1,9-12H,5-8H2,2-3H3. The van der Waals surface area contributed by atoms with Gasteiger partial charge in [-0.3, -0.25) is 0 Å². The zero-order valence-corrected chi connectivity index (χ0v) is 8.55. The van der Waals surface area contributed by atoms with Crippen LogP contribution in [-0.4, -0.2) is 25.8 Å². The van der Waals surface area contributed by atoms with Crippen LogP contribution in [-0.2, 0) is 4.74 Å². The molecule has 0 bridgehead atoms. The average molecular weight is 181 g/mol. The number of nitrogens with one attached hydrogen (secondary N) is 1. The normalized spacial score (nSPS) is 20.7. The molecule has 1 fully saturated rings. The van der Waals surface area contributed by atoms with Gasteiger partial charge in [0.25, 0.3) is 0 Å². The van der Waals surface area contributed by atoms with Crippen LogP contribution in [0.1, 0.15) is 26.2 Å². The van der Waals surface area contributed by atoms with Crippen molar-refractivity contribution < 1.29 is 4.74 Å². The van der Waals surface area contributed by atoms with Gasteiger partial charge in [0.05, 0.1) is 6.10 Å². The van der Waals surface area contributed by atoms with Gasteiger partial charge >= 0.3 is 0 Å². The molecule has 1 rings (SSSR count). The van der Waals surface area contributed by atoms with Gasteiger partial charge in [-0.1, -0.05) is 0 Å². The van der Waals surface area contributed by atoms with E-state index in [1.54, 1.807) is 0 Å². The molecule has 1 saturated carbocycles. The molecule has 2 nitrogen and oxygen atoms in total. The molecule has 74 valence electrons. The maximum atomic E-state index is 5.71. The number of hydrogen-bond acceptors (Lipinski definition) is 2. The number of rotatable bonds is 6. The molecule has 0 aliphatic heterocycles. The Hall–Kier alpha value is -0.520. The van der Waals surface area contributed by atoms with E-state index >= 15 is 0 Å². The van der Waals surface area contributed by atoms with E-state index in [1.165, 1.54) is 12.8 Å². The summed E-state index contributed by atoms with van der Waals surface area (Å²) in [6.07, 6.45) is 9.00. The molecule has 2 unspecified atom stereocenters. The quantitative estimate of drug-likeness (QED) is 0.626. The minimum atomic E-state index is 0.325. The molecule has 0 heterocycles. The van der Waals surface area contributed by atoms with Crippen LogP contribution in [0.15, 0.2) is 0 Å². The second-order valence-corrected chi connectivity index (χ2v) is 3.56. The lowest BCUT2D eigenvalue weighted by Gasteiger charge is -2.25. The molecule has 0 aromatic carbocycles. The number of ether oxygens (including phenoxy) is 1. The zero-order valence-electron chi connectivity index (χ0n) is 8.55. The third-order valence-corrected chi connectivity index (χ3v) is 2.55. The van der Waals surface area contributed by atoms with Crippen LogP contribution in [0.5, 0.6) is 0 Å². The molecule has 1 aliphatic rings. The highest BCUT2D eigenvalue weighted by atomic mass is 16.5. The largest absolute Gasteiger partial charge is 0.377 e. The second kappa shape index (κ2) is 5.26. The van der Waals surface area contributed by atoms with E-state index in [0.29, 0.717) is 12.1 Å². The summed E-state index contributed by atoms with van der Waals surface area (Å²) in [5.41, 5.74) is 0. The molecule has 1 N–H and O–H groups in total. The lowest BCUT2D eigenvalue weighted by atomic mass is 10.0. The lowest BCUT2D eigenvalue weighted by molar-refractivity contribution is 0.0222. The summed E-state index contributed by atoms with van der Waals surface area (Å²) in [5.74, 6) is 3.44. The Bertz CT molecular complexity index is 181. The SMILES string of the molecule is C#CCC(NC)C(OCC)C1CC1. The van der Waals surface area contributed by atoms with Crippen LogP contribution in [0.4, 0.5) is 0 Å². The molecule has 0 aromatic heterocycles. The molecule has 2 heteroatoms. The fourth-order valence-corrected chi connectivity index (χ4v) is 1.71. The minimum Gasteiger partial charge on any atom is -0.377 e. The van der Waals surface area contributed by atoms with Gasteiger partial charge in [-0.15, -0.1) is 12.3 Å². The first-order chi connectivity index (χ1) is 6.33. The zero-order chi connectivity index (χ0) is 9.68. The Balaban J connectivity index is 2.44. The fraction of sp³-hybridized carbons (Fsp3) is 0.818. The summed E-state index contributed by atoms with van der Waals surface area (Å²) in [6, 6.07) is 0.331. The number of terminal acetylenes is 1. The molecular formula is C11H19NO. The van der Waals surface area contributed by atoms with Gasteiger partial charge in [0, 0.05) is 19.1 Å². The van der Waals surface area contributed by atoms with E-state index in [0.717, 1.165) is 18.9 Å². The minimum absolute atomic E-state index is 0.325. The molecule has 1 aliphatic carbocycles. The topological polar surface area (TPSA) is 21.3 Å². The van der Waals surface area contributed by atoms with Crippen molar-refractivity contribution in [3.8, 4) is 12.3 Å². The average Bonchev–Trinajstić information content (AvgIpc) is 2.94. The second-order valence-electron chi connectivity index (χ2n) is 3.56. The number of likely N-dealkylation sites (N-methyl/N-ethyl adjacent to an activating group) is 1. The van der Waals surface area contributed by atoms with Crippen molar-refractivity contribution in [3.05, 3.63) is 0 Å². The van der Waals surface area contributed by atoms with Gasteiger partial charge < -0.3 is 10.1 Å². The first kappa shape index (κ1) is 10.6. The lowest BCUT2D eigenvalue weighted by Crippen LogP contribution is -2.40. The summed E-state index contributed by atoms with van der Waals surface area (Å²) in [7, 11) is 1.95. The summed E-state index contributed by atoms with van der Waals surface area (Å²) in [6.45, 7) is 2.82. The molecule has 2 atom stereocenters. The fourth-order valence-electron chi connectivity index (χ4n) is 1.71. The van der Waals surface area contributed by atoms with Crippen LogP contribution < -0.4 is 5.32 Å². The van der Waals surface area contributed by atoms with E-state index in [2.05, 4.69) is 11.2 Å².